The van der Waals surface area contributed by atoms with Gasteiger partial charge in [0.05, 0.1) is 24.3 Å². The first-order valence-electron chi connectivity index (χ1n) is 9.54. The second-order valence-corrected chi connectivity index (χ2v) is 9.31. The highest BCUT2D eigenvalue weighted by Gasteiger charge is 2.27. The number of hydrogen-bond donors (Lipinski definition) is 1. The molecular weight excluding hydrogens is 460 g/mol. The van der Waals surface area contributed by atoms with Crippen LogP contribution < -0.4 is 11.4 Å². The quantitative estimate of drug-likeness (QED) is 0.259. The molecule has 4 rings (SSSR count). The van der Waals surface area contributed by atoms with Crippen LogP contribution >= 0.6 is 34.7 Å². The largest absolute Gasteiger partial charge is 0.450 e. The van der Waals surface area contributed by atoms with Crippen molar-refractivity contribution in [1.29, 1.82) is 0 Å². The zero-order valence-electron chi connectivity index (χ0n) is 16.6. The molecule has 0 radical (unpaired) electrons. The number of ketones is 1. The number of benzene rings is 1. The Bertz CT molecular complexity index is 1220. The minimum absolute atomic E-state index is 0.0818. The Morgan fingerprint density at radius 1 is 1.32 bits per heavy atom. The lowest BCUT2D eigenvalue weighted by Crippen LogP contribution is -2.36. The molecule has 8 nitrogen and oxygen atoms in total. The molecule has 2 aromatic heterocycles. The summed E-state index contributed by atoms with van der Waals surface area (Å²) in [6.45, 7) is 2.91. The Balaban J connectivity index is 1.58. The number of nitrogens with zero attached hydrogens (tertiary/aromatic N) is 3. The normalized spacial score (nSPS) is 13.3. The molecule has 1 amide bonds. The molecule has 0 aliphatic carbocycles. The fourth-order valence-electron chi connectivity index (χ4n) is 3.36. The molecule has 1 aromatic carbocycles. The first kappa shape index (κ1) is 21.7. The lowest BCUT2D eigenvalue weighted by molar-refractivity contribution is 0.101. The number of hydrogen-bond acceptors (Lipinski definition) is 8. The molecule has 1 aliphatic heterocycles. The van der Waals surface area contributed by atoms with Crippen LogP contribution in [0.15, 0.2) is 34.2 Å². The van der Waals surface area contributed by atoms with E-state index in [1.165, 1.54) is 11.3 Å². The van der Waals surface area contributed by atoms with Gasteiger partial charge in [0.2, 0.25) is 0 Å². The van der Waals surface area contributed by atoms with Gasteiger partial charge >= 0.3 is 6.09 Å². The molecule has 0 spiro atoms. The highest BCUT2D eigenvalue weighted by atomic mass is 35.5. The fraction of sp³-hybridized carbons (Fsp3) is 0.300. The van der Waals surface area contributed by atoms with Crippen LogP contribution in [0.2, 0.25) is 5.02 Å². The Hall–Kier alpha value is -2.56. The molecule has 2 N–H and O–H groups in total. The van der Waals surface area contributed by atoms with Crippen molar-refractivity contribution in [2.24, 2.45) is 0 Å². The highest BCUT2D eigenvalue weighted by Crippen LogP contribution is 2.33. The minimum Gasteiger partial charge on any atom is -0.450 e. The van der Waals surface area contributed by atoms with Gasteiger partial charge < -0.3 is 15.5 Å². The topological polar surface area (TPSA) is 108 Å². The summed E-state index contributed by atoms with van der Waals surface area (Å²) in [6.07, 6.45) is 0.166. The van der Waals surface area contributed by atoms with Crippen LogP contribution in [0.4, 0.5) is 4.79 Å². The number of rotatable bonds is 5. The SMILES string of the molecule is CCOC(=O)N1CCc2c(sc3nc(SCC(=O)c4ccc(Cl)cc4)n(N)c(=O)c23)C1. The summed E-state index contributed by atoms with van der Waals surface area (Å²) in [6, 6.07) is 6.61. The number of carbonyl (C=O) groups is 2. The number of carbonyl (C=O) groups excluding carboxylic acids is 2. The molecule has 0 bridgehead atoms. The third kappa shape index (κ3) is 4.28. The van der Waals surface area contributed by atoms with Gasteiger partial charge in [0.1, 0.15) is 4.83 Å². The number of nitrogens with two attached hydrogens (primary N) is 1. The Morgan fingerprint density at radius 2 is 2.06 bits per heavy atom. The van der Waals surface area contributed by atoms with Crippen LogP contribution in [0.25, 0.3) is 10.2 Å². The van der Waals surface area contributed by atoms with E-state index in [1.54, 1.807) is 36.1 Å². The van der Waals surface area contributed by atoms with E-state index in [-0.39, 0.29) is 28.3 Å². The number of fused-ring (bicyclic) bond motifs is 3. The number of Topliss-reactive ketones (excluding diaryl/α,β-unsaturated/α-hetero) is 1. The first-order chi connectivity index (χ1) is 14.9. The Labute approximate surface area is 190 Å². The molecule has 31 heavy (non-hydrogen) atoms. The van der Waals surface area contributed by atoms with E-state index >= 15 is 0 Å². The number of nitrogen functional groups attached to an aromatic ring is 1. The second kappa shape index (κ2) is 8.89. The maximum absolute atomic E-state index is 12.9. The van der Waals surface area contributed by atoms with Gasteiger partial charge in [-0.2, -0.15) is 0 Å². The maximum Gasteiger partial charge on any atom is 0.410 e. The minimum atomic E-state index is -0.369. The van der Waals surface area contributed by atoms with Crippen molar-refractivity contribution in [2.75, 3.05) is 24.7 Å². The number of ether oxygens (including phenoxy) is 1. The molecule has 162 valence electrons. The second-order valence-electron chi connectivity index (χ2n) is 6.84. The smallest absolute Gasteiger partial charge is 0.410 e. The van der Waals surface area contributed by atoms with Gasteiger partial charge in [-0.05, 0) is 43.2 Å². The van der Waals surface area contributed by atoms with Crippen molar-refractivity contribution in [3.63, 3.8) is 0 Å². The van der Waals surface area contributed by atoms with E-state index in [9.17, 15) is 14.4 Å². The molecular formula is C20H19ClN4O4S2. The van der Waals surface area contributed by atoms with Crippen LogP contribution in [0.3, 0.4) is 0 Å². The zero-order valence-corrected chi connectivity index (χ0v) is 19.0. The van der Waals surface area contributed by atoms with Gasteiger partial charge in [-0.1, -0.05) is 23.4 Å². The van der Waals surface area contributed by atoms with E-state index in [1.807, 2.05) is 0 Å². The number of halogens is 1. The third-order valence-electron chi connectivity index (χ3n) is 4.90. The van der Waals surface area contributed by atoms with Crippen molar-refractivity contribution >= 4 is 56.8 Å². The van der Waals surface area contributed by atoms with E-state index < -0.39 is 0 Å². The van der Waals surface area contributed by atoms with Crippen LogP contribution in [-0.2, 0) is 17.7 Å². The van der Waals surface area contributed by atoms with Crippen molar-refractivity contribution in [1.82, 2.24) is 14.6 Å². The maximum atomic E-state index is 12.9. The molecule has 3 aromatic rings. The van der Waals surface area contributed by atoms with Crippen molar-refractivity contribution in [3.05, 3.63) is 55.6 Å². The monoisotopic (exact) mass is 478 g/mol. The zero-order chi connectivity index (χ0) is 22.1. The molecule has 0 atom stereocenters. The summed E-state index contributed by atoms with van der Waals surface area (Å²) < 4.78 is 6.07. The molecule has 0 saturated carbocycles. The molecule has 1 aliphatic rings. The summed E-state index contributed by atoms with van der Waals surface area (Å²) in [7, 11) is 0. The Morgan fingerprint density at radius 3 is 2.77 bits per heavy atom. The predicted molar refractivity (Wildman–Crippen MR) is 122 cm³/mol. The van der Waals surface area contributed by atoms with Crippen molar-refractivity contribution < 1.29 is 14.3 Å². The van der Waals surface area contributed by atoms with Gasteiger partial charge in [-0.25, -0.2) is 14.5 Å². The van der Waals surface area contributed by atoms with Crippen LogP contribution in [0.1, 0.15) is 27.7 Å². The van der Waals surface area contributed by atoms with E-state index in [2.05, 4.69) is 4.98 Å². The number of thioether (sulfide) groups is 1. The molecule has 0 unspecified atom stereocenters. The highest BCUT2D eigenvalue weighted by molar-refractivity contribution is 7.99. The average Bonchev–Trinajstić information content (AvgIpc) is 3.13. The van der Waals surface area contributed by atoms with Gasteiger partial charge in [0.15, 0.2) is 10.9 Å². The number of thiophene rings is 1. The van der Waals surface area contributed by atoms with Gasteiger partial charge in [0.25, 0.3) is 5.56 Å². The third-order valence-corrected chi connectivity index (χ3v) is 7.21. The van der Waals surface area contributed by atoms with E-state index in [0.717, 1.165) is 26.9 Å². The van der Waals surface area contributed by atoms with Crippen LogP contribution in [0.5, 0.6) is 0 Å². The van der Waals surface area contributed by atoms with Gasteiger partial charge in [-0.15, -0.1) is 11.3 Å². The summed E-state index contributed by atoms with van der Waals surface area (Å²) in [4.78, 5) is 45.0. The number of amides is 1. The lowest BCUT2D eigenvalue weighted by Gasteiger charge is -2.25. The van der Waals surface area contributed by atoms with Gasteiger partial charge in [-0.3, -0.25) is 9.59 Å². The van der Waals surface area contributed by atoms with Crippen molar-refractivity contribution in [2.45, 2.75) is 25.0 Å². The van der Waals surface area contributed by atoms with Gasteiger partial charge in [0, 0.05) is 22.0 Å². The van der Waals surface area contributed by atoms with E-state index in [0.29, 0.717) is 46.9 Å². The van der Waals surface area contributed by atoms with Crippen LogP contribution in [0, 0.1) is 0 Å². The molecule has 0 fully saturated rings. The lowest BCUT2D eigenvalue weighted by atomic mass is 10.1. The molecule has 11 heteroatoms. The predicted octanol–water partition coefficient (Wildman–Crippen LogP) is 3.31. The first-order valence-corrected chi connectivity index (χ1v) is 11.7. The number of aromatic nitrogens is 2. The van der Waals surface area contributed by atoms with Crippen LogP contribution in [-0.4, -0.2) is 45.3 Å². The summed E-state index contributed by atoms with van der Waals surface area (Å²) >= 11 is 8.33. The summed E-state index contributed by atoms with van der Waals surface area (Å²) in [5.74, 6) is 5.98. The standard InChI is InChI=1S/C20H19ClN4O4S2/c1-2-29-20(28)24-8-7-13-15(9-24)31-17-16(13)18(27)25(22)19(23-17)30-10-14(26)11-3-5-12(21)6-4-11/h3-6H,2,7-10,22H2,1H3. The summed E-state index contributed by atoms with van der Waals surface area (Å²) in [5.41, 5.74) is 1.05. The Kier molecular flexibility index (Phi) is 6.22. The molecule has 3 heterocycles. The molecule has 0 saturated heterocycles. The average molecular weight is 479 g/mol. The fourth-order valence-corrected chi connectivity index (χ4v) is 5.57. The van der Waals surface area contributed by atoms with Crippen molar-refractivity contribution in [3.8, 4) is 0 Å². The van der Waals surface area contributed by atoms with E-state index in [4.69, 9.17) is 22.2 Å². The summed E-state index contributed by atoms with van der Waals surface area (Å²) in [5, 5.41) is 1.30.